The lowest BCUT2D eigenvalue weighted by atomic mass is 10.0. The van der Waals surface area contributed by atoms with E-state index in [0.717, 1.165) is 0 Å². The SMILES string of the molecule is Cc1c(-c2ccc(=O)n(CCCC(F)(F)F)c2)c2cc(F)ccc2n1CC(=O)O. The second-order valence-corrected chi connectivity index (χ2v) is 6.77. The quantitative estimate of drug-likeness (QED) is 0.615. The zero-order chi connectivity index (χ0) is 21.3. The number of rotatable bonds is 6. The number of aryl methyl sites for hydroxylation is 1. The van der Waals surface area contributed by atoms with Crippen LogP contribution in [-0.4, -0.2) is 26.4 Å². The summed E-state index contributed by atoms with van der Waals surface area (Å²) in [6, 6.07) is 6.71. The average Bonchev–Trinajstić information content (AvgIpc) is 2.86. The molecule has 0 spiro atoms. The number of aliphatic carboxylic acids is 1. The van der Waals surface area contributed by atoms with Crippen LogP contribution in [-0.2, 0) is 17.9 Å². The van der Waals surface area contributed by atoms with Gasteiger partial charge in [0.25, 0.3) is 5.56 Å². The van der Waals surface area contributed by atoms with Crippen molar-refractivity contribution < 1.29 is 27.5 Å². The second-order valence-electron chi connectivity index (χ2n) is 6.77. The molecule has 0 aliphatic heterocycles. The summed E-state index contributed by atoms with van der Waals surface area (Å²) in [6.45, 7) is 1.22. The Labute approximate surface area is 162 Å². The van der Waals surface area contributed by atoms with Crippen molar-refractivity contribution in [3.8, 4) is 11.1 Å². The van der Waals surface area contributed by atoms with Gasteiger partial charge in [0.05, 0.1) is 0 Å². The van der Waals surface area contributed by atoms with Gasteiger partial charge in [0.1, 0.15) is 12.4 Å². The molecular weight excluding hydrogens is 392 g/mol. The maximum Gasteiger partial charge on any atom is 0.389 e. The zero-order valence-corrected chi connectivity index (χ0v) is 15.5. The van der Waals surface area contributed by atoms with Crippen LogP contribution in [0.3, 0.4) is 0 Å². The Hall–Kier alpha value is -3.10. The van der Waals surface area contributed by atoms with Gasteiger partial charge in [0.2, 0.25) is 0 Å². The fourth-order valence-corrected chi connectivity index (χ4v) is 3.46. The summed E-state index contributed by atoms with van der Waals surface area (Å²) >= 11 is 0. The Bertz CT molecular complexity index is 1130. The third-order valence-corrected chi connectivity index (χ3v) is 4.71. The second kappa shape index (κ2) is 7.73. The molecule has 1 N–H and O–H groups in total. The Morgan fingerprint density at radius 3 is 2.55 bits per heavy atom. The van der Waals surface area contributed by atoms with E-state index < -0.39 is 29.9 Å². The largest absolute Gasteiger partial charge is 0.480 e. The van der Waals surface area contributed by atoms with Crippen molar-refractivity contribution in [3.63, 3.8) is 0 Å². The molecule has 2 aromatic heterocycles. The minimum atomic E-state index is -4.31. The average molecular weight is 410 g/mol. The summed E-state index contributed by atoms with van der Waals surface area (Å²) < 4.78 is 53.8. The zero-order valence-electron chi connectivity index (χ0n) is 15.5. The highest BCUT2D eigenvalue weighted by atomic mass is 19.4. The van der Waals surface area contributed by atoms with E-state index in [2.05, 4.69) is 0 Å². The molecule has 3 aromatic rings. The van der Waals surface area contributed by atoms with Gasteiger partial charge in [0.15, 0.2) is 0 Å². The van der Waals surface area contributed by atoms with Crippen LogP contribution in [0, 0.1) is 12.7 Å². The van der Waals surface area contributed by atoms with Crippen LogP contribution in [0.2, 0.25) is 0 Å². The van der Waals surface area contributed by atoms with Crippen LogP contribution >= 0.6 is 0 Å². The molecule has 0 bridgehead atoms. The number of aromatic nitrogens is 2. The standard InChI is InChI=1S/C20H18F4N2O3/c1-12-19(15-9-14(21)4-5-16(15)26(12)11-18(28)29)13-3-6-17(27)25(10-13)8-2-7-20(22,23)24/h3-6,9-10H,2,7-8,11H2,1H3,(H,28,29). The van der Waals surface area contributed by atoms with Gasteiger partial charge in [-0.1, -0.05) is 0 Å². The number of halogens is 4. The van der Waals surface area contributed by atoms with Crippen LogP contribution in [0.15, 0.2) is 41.3 Å². The molecule has 0 fully saturated rings. The molecule has 0 saturated carbocycles. The molecule has 5 nitrogen and oxygen atoms in total. The van der Waals surface area contributed by atoms with Crippen LogP contribution in [0.25, 0.3) is 22.0 Å². The summed E-state index contributed by atoms with van der Waals surface area (Å²) in [6.07, 6.45) is -4.14. The highest BCUT2D eigenvalue weighted by Gasteiger charge is 2.26. The van der Waals surface area contributed by atoms with Crippen molar-refractivity contribution in [2.45, 2.75) is 39.0 Å². The van der Waals surface area contributed by atoms with Gasteiger partial charge in [-0.2, -0.15) is 13.2 Å². The first kappa shape index (κ1) is 20.6. The Kier molecular flexibility index (Phi) is 5.50. The molecule has 2 heterocycles. The number of benzene rings is 1. The molecule has 0 atom stereocenters. The van der Waals surface area contributed by atoms with E-state index in [1.165, 1.54) is 45.7 Å². The molecule has 0 aliphatic carbocycles. The summed E-state index contributed by atoms with van der Waals surface area (Å²) in [5, 5.41) is 9.66. The Morgan fingerprint density at radius 1 is 1.17 bits per heavy atom. The fraction of sp³-hybridized carbons (Fsp3) is 0.300. The molecule has 0 saturated heterocycles. The monoisotopic (exact) mass is 410 g/mol. The van der Waals surface area contributed by atoms with Crippen LogP contribution in [0.5, 0.6) is 0 Å². The normalized spacial score (nSPS) is 11.9. The van der Waals surface area contributed by atoms with Crippen LogP contribution in [0.4, 0.5) is 17.6 Å². The molecule has 0 unspecified atom stereocenters. The number of nitrogens with zero attached hydrogens (tertiary/aromatic N) is 2. The molecular formula is C20H18F4N2O3. The van der Waals surface area contributed by atoms with Gasteiger partial charge in [0, 0.05) is 53.0 Å². The predicted octanol–water partition coefficient (Wildman–Crippen LogP) is 4.34. The summed E-state index contributed by atoms with van der Waals surface area (Å²) in [5.74, 6) is -1.58. The number of alkyl halides is 3. The van der Waals surface area contributed by atoms with E-state index in [1.807, 2.05) is 0 Å². The molecule has 3 rings (SSSR count). The molecule has 0 radical (unpaired) electrons. The Morgan fingerprint density at radius 2 is 1.90 bits per heavy atom. The molecule has 0 amide bonds. The van der Waals surface area contributed by atoms with E-state index in [9.17, 15) is 32.3 Å². The van der Waals surface area contributed by atoms with Crippen molar-refractivity contribution in [3.05, 3.63) is 58.4 Å². The summed E-state index contributed by atoms with van der Waals surface area (Å²) in [4.78, 5) is 23.3. The number of hydrogen-bond acceptors (Lipinski definition) is 2. The first-order chi connectivity index (χ1) is 13.6. The van der Waals surface area contributed by atoms with Crippen molar-refractivity contribution in [2.24, 2.45) is 0 Å². The van der Waals surface area contributed by atoms with Crippen molar-refractivity contribution >= 4 is 16.9 Å². The minimum Gasteiger partial charge on any atom is -0.480 e. The van der Waals surface area contributed by atoms with E-state index in [1.54, 1.807) is 6.92 Å². The lowest BCUT2D eigenvalue weighted by Crippen LogP contribution is -2.20. The van der Waals surface area contributed by atoms with Crippen LogP contribution in [0.1, 0.15) is 18.5 Å². The highest BCUT2D eigenvalue weighted by molar-refractivity contribution is 5.98. The van der Waals surface area contributed by atoms with Crippen LogP contribution < -0.4 is 5.56 Å². The van der Waals surface area contributed by atoms with Crippen molar-refractivity contribution in [1.82, 2.24) is 9.13 Å². The number of carboxylic acids is 1. The number of fused-ring (bicyclic) bond motifs is 1. The summed E-state index contributed by atoms with van der Waals surface area (Å²) in [5.41, 5.74) is 1.64. The van der Waals surface area contributed by atoms with Crippen molar-refractivity contribution in [1.29, 1.82) is 0 Å². The molecule has 29 heavy (non-hydrogen) atoms. The molecule has 1 aromatic carbocycles. The maximum absolute atomic E-state index is 13.9. The lowest BCUT2D eigenvalue weighted by molar-refractivity contribution is -0.138. The number of hydrogen-bond donors (Lipinski definition) is 1. The predicted molar refractivity (Wildman–Crippen MR) is 99.3 cm³/mol. The third-order valence-electron chi connectivity index (χ3n) is 4.71. The van der Waals surface area contributed by atoms with E-state index >= 15 is 0 Å². The molecule has 9 heteroatoms. The Balaban J connectivity index is 2.09. The maximum atomic E-state index is 13.9. The number of carboxylic acid groups (broad SMARTS) is 1. The minimum absolute atomic E-state index is 0.118. The van der Waals surface area contributed by atoms with Crippen molar-refractivity contribution in [2.75, 3.05) is 0 Å². The van der Waals surface area contributed by atoms with Gasteiger partial charge >= 0.3 is 12.1 Å². The highest BCUT2D eigenvalue weighted by Crippen LogP contribution is 2.35. The fourth-order valence-electron chi connectivity index (χ4n) is 3.46. The first-order valence-electron chi connectivity index (χ1n) is 8.84. The first-order valence-corrected chi connectivity index (χ1v) is 8.84. The number of carbonyl (C=O) groups is 1. The van der Waals surface area contributed by atoms with E-state index in [-0.39, 0.29) is 19.5 Å². The van der Waals surface area contributed by atoms with E-state index in [0.29, 0.717) is 27.7 Å². The van der Waals surface area contributed by atoms with Gasteiger partial charge in [-0.05, 0) is 37.6 Å². The van der Waals surface area contributed by atoms with E-state index in [4.69, 9.17) is 0 Å². The van der Waals surface area contributed by atoms with Gasteiger partial charge in [-0.15, -0.1) is 0 Å². The topological polar surface area (TPSA) is 64.2 Å². The lowest BCUT2D eigenvalue weighted by Gasteiger charge is -2.11. The van der Waals surface area contributed by atoms with Gasteiger partial charge < -0.3 is 14.2 Å². The summed E-state index contributed by atoms with van der Waals surface area (Å²) in [7, 11) is 0. The third kappa shape index (κ3) is 4.49. The molecule has 0 aliphatic rings. The molecule has 154 valence electrons. The van der Waals surface area contributed by atoms with Gasteiger partial charge in [-0.3, -0.25) is 9.59 Å². The number of pyridine rings is 1. The van der Waals surface area contributed by atoms with Gasteiger partial charge in [-0.25, -0.2) is 4.39 Å². The smallest absolute Gasteiger partial charge is 0.389 e.